The second kappa shape index (κ2) is 6.06. The van der Waals surface area contributed by atoms with Crippen molar-refractivity contribution >= 4 is 28.5 Å². The predicted octanol–water partition coefficient (Wildman–Crippen LogP) is 2.85. The van der Waals surface area contributed by atoms with Gasteiger partial charge in [0.25, 0.3) is 0 Å². The minimum absolute atomic E-state index is 0.0244. The smallest absolute Gasteiger partial charge is 0.228 e. The van der Waals surface area contributed by atoms with Crippen LogP contribution in [-0.4, -0.2) is 34.9 Å². The lowest BCUT2D eigenvalue weighted by Gasteiger charge is -2.17. The zero-order chi connectivity index (χ0) is 13.8. The Morgan fingerprint density at radius 1 is 1.47 bits per heavy atom. The van der Waals surface area contributed by atoms with E-state index in [1.807, 2.05) is 31.2 Å². The van der Waals surface area contributed by atoms with Gasteiger partial charge in [-0.3, -0.25) is 4.79 Å². The van der Waals surface area contributed by atoms with E-state index in [1.54, 1.807) is 11.9 Å². The Kier molecular flexibility index (Phi) is 4.43. The molecule has 0 aliphatic heterocycles. The van der Waals surface area contributed by atoms with Crippen LogP contribution in [0, 0.1) is 0 Å². The number of alkyl halides is 1. The molecule has 0 saturated carbocycles. The normalized spacial score (nSPS) is 12.6. The molecule has 0 aliphatic carbocycles. The molecule has 0 N–H and O–H groups in total. The highest BCUT2D eigenvalue weighted by Gasteiger charge is 2.15. The minimum atomic E-state index is 0.0244. The first kappa shape index (κ1) is 13.9. The maximum absolute atomic E-state index is 12.1. The molecule has 0 aliphatic rings. The Bertz CT molecular complexity index is 565. The summed E-state index contributed by atoms with van der Waals surface area (Å²) in [6.45, 7) is 2.57. The Labute approximate surface area is 117 Å². The summed E-state index contributed by atoms with van der Waals surface area (Å²) in [6, 6.07) is 7.55. The first-order valence-corrected chi connectivity index (χ1v) is 6.73. The van der Waals surface area contributed by atoms with Crippen molar-refractivity contribution in [1.82, 2.24) is 10.1 Å². The third kappa shape index (κ3) is 3.47. The van der Waals surface area contributed by atoms with E-state index in [0.29, 0.717) is 17.8 Å². The molecule has 1 heterocycles. The Hall–Kier alpha value is -1.55. The van der Waals surface area contributed by atoms with E-state index in [9.17, 15) is 4.79 Å². The van der Waals surface area contributed by atoms with Crippen LogP contribution in [0.3, 0.4) is 0 Å². The van der Waals surface area contributed by atoms with Crippen LogP contribution in [0.1, 0.15) is 19.0 Å². The Morgan fingerprint density at radius 2 is 2.21 bits per heavy atom. The lowest BCUT2D eigenvalue weighted by molar-refractivity contribution is -0.129. The highest BCUT2D eigenvalue weighted by molar-refractivity contribution is 6.20. The van der Waals surface area contributed by atoms with Gasteiger partial charge in [0.15, 0.2) is 5.58 Å². The fraction of sp³-hybridized carbons (Fsp3) is 0.429. The van der Waals surface area contributed by atoms with E-state index in [2.05, 4.69) is 5.16 Å². The van der Waals surface area contributed by atoms with Crippen molar-refractivity contribution in [3.63, 3.8) is 0 Å². The van der Waals surface area contributed by atoms with Gasteiger partial charge in [-0.2, -0.15) is 0 Å². The summed E-state index contributed by atoms with van der Waals surface area (Å²) in [5, 5.41) is 4.93. The third-order valence-corrected chi connectivity index (χ3v) is 3.28. The number of carbonyl (C=O) groups is 1. The second-order valence-corrected chi connectivity index (χ2v) is 5.43. The van der Waals surface area contributed by atoms with Crippen LogP contribution in [0.25, 0.3) is 11.0 Å². The van der Waals surface area contributed by atoms with Crippen molar-refractivity contribution in [1.29, 1.82) is 0 Å². The predicted molar refractivity (Wildman–Crippen MR) is 75.3 cm³/mol. The molecular weight excluding hydrogens is 264 g/mol. The van der Waals surface area contributed by atoms with Gasteiger partial charge in [0, 0.05) is 24.4 Å². The molecule has 1 aromatic carbocycles. The number of likely N-dealkylation sites (N-methyl/N-ethyl adjacent to an activating group) is 1. The van der Waals surface area contributed by atoms with Crippen molar-refractivity contribution in [2.24, 2.45) is 0 Å². The molecule has 0 spiro atoms. The van der Waals surface area contributed by atoms with Gasteiger partial charge in [0.1, 0.15) is 5.69 Å². The summed E-state index contributed by atoms with van der Waals surface area (Å²) in [5.41, 5.74) is 1.40. The van der Waals surface area contributed by atoms with Gasteiger partial charge in [-0.1, -0.05) is 17.3 Å². The van der Waals surface area contributed by atoms with E-state index >= 15 is 0 Å². The van der Waals surface area contributed by atoms with E-state index < -0.39 is 0 Å². The van der Waals surface area contributed by atoms with Gasteiger partial charge in [0.05, 0.1) is 6.42 Å². The first-order valence-electron chi connectivity index (χ1n) is 6.29. The van der Waals surface area contributed by atoms with Crippen LogP contribution in [0.5, 0.6) is 0 Å². The number of hydrogen-bond acceptors (Lipinski definition) is 3. The molecule has 1 atom stereocenters. The molecule has 1 unspecified atom stereocenters. The van der Waals surface area contributed by atoms with Crippen LogP contribution >= 0.6 is 11.6 Å². The van der Waals surface area contributed by atoms with Gasteiger partial charge in [0.2, 0.25) is 5.91 Å². The molecule has 2 aromatic rings. The number of rotatable bonds is 5. The van der Waals surface area contributed by atoms with Gasteiger partial charge in [-0.15, -0.1) is 11.6 Å². The molecular formula is C14H17ClN2O2. The highest BCUT2D eigenvalue weighted by atomic mass is 35.5. The molecule has 0 bridgehead atoms. The number of benzene rings is 1. The zero-order valence-corrected chi connectivity index (χ0v) is 11.9. The summed E-state index contributed by atoms with van der Waals surface area (Å²) in [4.78, 5) is 13.8. The topological polar surface area (TPSA) is 46.3 Å². The molecule has 5 heteroatoms. The molecule has 4 nitrogen and oxygen atoms in total. The molecule has 0 saturated heterocycles. The van der Waals surface area contributed by atoms with Crippen molar-refractivity contribution < 1.29 is 9.32 Å². The van der Waals surface area contributed by atoms with Crippen LogP contribution in [0.4, 0.5) is 0 Å². The summed E-state index contributed by atoms with van der Waals surface area (Å²) in [6.07, 6.45) is 1.04. The number of nitrogens with zero attached hydrogens (tertiary/aromatic N) is 2. The minimum Gasteiger partial charge on any atom is -0.356 e. The Morgan fingerprint density at radius 3 is 2.95 bits per heavy atom. The van der Waals surface area contributed by atoms with Gasteiger partial charge in [-0.05, 0) is 25.5 Å². The standard InChI is InChI=1S/C14H17ClN2O2/c1-10(15)7-8-17(2)14(18)9-12-11-5-3-4-6-13(11)19-16-12/h3-6,10H,7-9H2,1-2H3. The van der Waals surface area contributed by atoms with E-state index in [1.165, 1.54) is 0 Å². The van der Waals surface area contributed by atoms with Crippen molar-refractivity contribution in [3.8, 4) is 0 Å². The number of hydrogen-bond donors (Lipinski definition) is 0. The van der Waals surface area contributed by atoms with E-state index in [0.717, 1.165) is 11.8 Å². The maximum atomic E-state index is 12.1. The number of amides is 1. The van der Waals surface area contributed by atoms with Crippen LogP contribution in [-0.2, 0) is 11.2 Å². The summed E-state index contributed by atoms with van der Waals surface area (Å²) in [7, 11) is 1.78. The quantitative estimate of drug-likeness (QED) is 0.791. The van der Waals surface area contributed by atoms with Gasteiger partial charge < -0.3 is 9.42 Å². The van der Waals surface area contributed by atoms with E-state index in [-0.39, 0.29) is 17.7 Å². The first-order chi connectivity index (χ1) is 9.08. The van der Waals surface area contributed by atoms with Crippen molar-refractivity contribution in [2.45, 2.75) is 25.1 Å². The SMILES string of the molecule is CC(Cl)CCN(C)C(=O)Cc1noc2ccccc12. The highest BCUT2D eigenvalue weighted by Crippen LogP contribution is 2.18. The molecule has 19 heavy (non-hydrogen) atoms. The molecule has 0 fully saturated rings. The lowest BCUT2D eigenvalue weighted by Crippen LogP contribution is -2.30. The fourth-order valence-corrected chi connectivity index (χ4v) is 1.94. The fourth-order valence-electron chi connectivity index (χ4n) is 1.84. The summed E-state index contributed by atoms with van der Waals surface area (Å²) < 4.78 is 5.19. The van der Waals surface area contributed by atoms with Crippen LogP contribution < -0.4 is 0 Å². The number of carbonyl (C=O) groups excluding carboxylic acids is 1. The van der Waals surface area contributed by atoms with Crippen LogP contribution in [0.2, 0.25) is 0 Å². The molecule has 0 radical (unpaired) electrons. The summed E-state index contributed by atoms with van der Waals surface area (Å²) >= 11 is 5.88. The maximum Gasteiger partial charge on any atom is 0.228 e. The van der Waals surface area contributed by atoms with Crippen molar-refractivity contribution in [3.05, 3.63) is 30.0 Å². The van der Waals surface area contributed by atoms with Crippen LogP contribution in [0.15, 0.2) is 28.8 Å². The number of aromatic nitrogens is 1. The number of halogens is 1. The van der Waals surface area contributed by atoms with Gasteiger partial charge in [-0.25, -0.2) is 0 Å². The lowest BCUT2D eigenvalue weighted by atomic mass is 10.1. The monoisotopic (exact) mass is 280 g/mol. The number of fused-ring (bicyclic) bond motifs is 1. The van der Waals surface area contributed by atoms with E-state index in [4.69, 9.17) is 16.1 Å². The molecule has 1 aromatic heterocycles. The largest absolute Gasteiger partial charge is 0.356 e. The average Bonchev–Trinajstić information content (AvgIpc) is 2.79. The average molecular weight is 281 g/mol. The number of para-hydroxylation sites is 1. The molecule has 2 rings (SSSR count). The zero-order valence-electron chi connectivity index (χ0n) is 11.1. The Balaban J connectivity index is 2.02. The van der Waals surface area contributed by atoms with Gasteiger partial charge >= 0.3 is 0 Å². The summed E-state index contributed by atoms with van der Waals surface area (Å²) in [5.74, 6) is 0.0244. The third-order valence-electron chi connectivity index (χ3n) is 3.06. The molecule has 102 valence electrons. The van der Waals surface area contributed by atoms with Crippen molar-refractivity contribution in [2.75, 3.05) is 13.6 Å². The molecule has 1 amide bonds. The second-order valence-electron chi connectivity index (χ2n) is 4.69.